The number of hydrogen-bond acceptors (Lipinski definition) is 3. The molecule has 3 rings (SSSR count). The molecule has 23 heavy (non-hydrogen) atoms. The number of halogens is 1. The minimum Gasteiger partial charge on any atom is -0.345 e. The van der Waals surface area contributed by atoms with Crippen molar-refractivity contribution in [1.29, 1.82) is 0 Å². The average Bonchev–Trinajstić information content (AvgIpc) is 2.88. The van der Waals surface area contributed by atoms with Gasteiger partial charge in [0.2, 0.25) is 0 Å². The molecule has 2 aromatic rings. The van der Waals surface area contributed by atoms with Crippen LogP contribution < -0.4 is 10.9 Å². The number of fused-ring (bicyclic) bond motifs is 1. The first kappa shape index (κ1) is 15.4. The highest BCUT2D eigenvalue weighted by Gasteiger charge is 2.27. The Labute approximate surface area is 133 Å². The fourth-order valence-corrected chi connectivity index (χ4v) is 3.07. The van der Waals surface area contributed by atoms with Crippen LogP contribution in [0.3, 0.4) is 0 Å². The minimum absolute atomic E-state index is 0.102. The van der Waals surface area contributed by atoms with Gasteiger partial charge in [-0.15, -0.1) is 0 Å². The Hall–Kier alpha value is -2.50. The molecule has 1 heterocycles. The number of nitrogens with zero attached hydrogens (tertiary/aromatic N) is 2. The number of aromatic nitrogens is 2. The molecule has 1 N–H and O–H groups in total. The molecule has 1 aromatic heterocycles. The van der Waals surface area contributed by atoms with Gasteiger partial charge in [-0.25, -0.2) is 9.07 Å². The topological polar surface area (TPSA) is 64.0 Å². The second kappa shape index (κ2) is 5.61. The summed E-state index contributed by atoms with van der Waals surface area (Å²) >= 11 is 0. The molecule has 0 bridgehead atoms. The molecule has 5 nitrogen and oxygen atoms in total. The molecular weight excluding hydrogens is 297 g/mol. The number of carbonyl (C=O) groups is 1. The third-order valence-corrected chi connectivity index (χ3v) is 4.44. The van der Waals surface area contributed by atoms with Gasteiger partial charge in [-0.3, -0.25) is 9.59 Å². The summed E-state index contributed by atoms with van der Waals surface area (Å²) in [7, 11) is 1.52. The van der Waals surface area contributed by atoms with Crippen molar-refractivity contribution >= 4 is 5.91 Å². The Morgan fingerprint density at radius 3 is 2.87 bits per heavy atom. The molecule has 1 amide bonds. The zero-order valence-electron chi connectivity index (χ0n) is 13.3. The fourth-order valence-electron chi connectivity index (χ4n) is 3.07. The zero-order chi connectivity index (χ0) is 16.7. The van der Waals surface area contributed by atoms with Crippen LogP contribution in [-0.2, 0) is 13.5 Å². The fraction of sp³-hybridized carbons (Fsp3) is 0.353. The molecule has 120 valence electrons. The van der Waals surface area contributed by atoms with Crippen molar-refractivity contribution < 1.29 is 9.18 Å². The predicted octanol–water partition coefficient (Wildman–Crippen LogP) is 1.95. The summed E-state index contributed by atoms with van der Waals surface area (Å²) in [6.45, 7) is 3.46. The monoisotopic (exact) mass is 315 g/mol. The maximum atomic E-state index is 13.5. The number of rotatable bonds is 2. The van der Waals surface area contributed by atoms with E-state index in [1.54, 1.807) is 19.9 Å². The lowest BCUT2D eigenvalue weighted by Gasteiger charge is -2.16. The molecule has 0 fully saturated rings. The van der Waals surface area contributed by atoms with Gasteiger partial charge < -0.3 is 5.32 Å². The quantitative estimate of drug-likeness (QED) is 0.921. The van der Waals surface area contributed by atoms with Crippen LogP contribution in [0.25, 0.3) is 0 Å². The molecule has 1 aliphatic carbocycles. The Morgan fingerprint density at radius 1 is 1.39 bits per heavy atom. The summed E-state index contributed by atoms with van der Waals surface area (Å²) in [4.78, 5) is 24.8. The molecule has 1 atom stereocenters. The molecule has 6 heteroatoms. The van der Waals surface area contributed by atoms with Gasteiger partial charge in [-0.2, -0.15) is 5.10 Å². The summed E-state index contributed by atoms with van der Waals surface area (Å²) in [5, 5.41) is 6.94. The van der Waals surface area contributed by atoms with Gasteiger partial charge in [-0.1, -0.05) is 6.07 Å². The normalized spacial score (nSPS) is 16.3. The van der Waals surface area contributed by atoms with E-state index >= 15 is 0 Å². The summed E-state index contributed by atoms with van der Waals surface area (Å²) < 4.78 is 14.6. The van der Waals surface area contributed by atoms with E-state index in [0.29, 0.717) is 17.7 Å². The SMILES string of the molecule is Cc1nn(C)c(=O)c(C(=O)N[C@@H]2CCc3ccc(F)cc32)c1C. The second-order valence-electron chi connectivity index (χ2n) is 5.92. The van der Waals surface area contributed by atoms with Gasteiger partial charge >= 0.3 is 0 Å². The average molecular weight is 315 g/mol. The van der Waals surface area contributed by atoms with E-state index in [0.717, 1.165) is 17.5 Å². The summed E-state index contributed by atoms with van der Waals surface area (Å²) in [6.07, 6.45) is 1.49. The Balaban J connectivity index is 1.94. The summed E-state index contributed by atoms with van der Waals surface area (Å²) in [5.74, 6) is -0.757. The number of benzene rings is 1. The van der Waals surface area contributed by atoms with Gasteiger partial charge in [0, 0.05) is 7.05 Å². The molecule has 0 spiro atoms. The number of aryl methyl sites for hydroxylation is 3. The Morgan fingerprint density at radius 2 is 2.13 bits per heavy atom. The van der Waals surface area contributed by atoms with Crippen molar-refractivity contribution in [2.75, 3.05) is 0 Å². The van der Waals surface area contributed by atoms with E-state index in [1.807, 2.05) is 0 Å². The van der Waals surface area contributed by atoms with Crippen molar-refractivity contribution in [3.8, 4) is 0 Å². The number of nitrogens with one attached hydrogen (secondary N) is 1. The molecular formula is C17H18FN3O2. The molecule has 0 radical (unpaired) electrons. The van der Waals surface area contributed by atoms with Crippen LogP contribution in [0, 0.1) is 19.7 Å². The van der Waals surface area contributed by atoms with Crippen LogP contribution >= 0.6 is 0 Å². The first-order valence-corrected chi connectivity index (χ1v) is 7.52. The third kappa shape index (κ3) is 2.65. The van der Waals surface area contributed by atoms with Crippen LogP contribution in [0.2, 0.25) is 0 Å². The summed E-state index contributed by atoms with van der Waals surface area (Å²) in [6, 6.07) is 4.36. The molecule has 0 unspecified atom stereocenters. The van der Waals surface area contributed by atoms with Gasteiger partial charge in [-0.05, 0) is 55.5 Å². The second-order valence-corrected chi connectivity index (χ2v) is 5.92. The predicted molar refractivity (Wildman–Crippen MR) is 83.9 cm³/mol. The van der Waals surface area contributed by atoms with Crippen molar-refractivity contribution in [2.24, 2.45) is 7.05 Å². The van der Waals surface area contributed by atoms with Crippen LogP contribution in [0.4, 0.5) is 4.39 Å². The third-order valence-electron chi connectivity index (χ3n) is 4.44. The maximum Gasteiger partial charge on any atom is 0.279 e. The molecule has 1 aromatic carbocycles. The lowest BCUT2D eigenvalue weighted by Crippen LogP contribution is -2.36. The molecule has 0 saturated carbocycles. The van der Waals surface area contributed by atoms with Gasteiger partial charge in [0.1, 0.15) is 11.4 Å². The van der Waals surface area contributed by atoms with E-state index < -0.39 is 11.5 Å². The van der Waals surface area contributed by atoms with Crippen molar-refractivity contribution in [3.05, 3.63) is 62.3 Å². The van der Waals surface area contributed by atoms with Gasteiger partial charge in [0.15, 0.2) is 0 Å². The number of amides is 1. The van der Waals surface area contributed by atoms with Crippen molar-refractivity contribution in [1.82, 2.24) is 15.1 Å². The van der Waals surface area contributed by atoms with Gasteiger partial charge in [0.25, 0.3) is 11.5 Å². The zero-order valence-corrected chi connectivity index (χ0v) is 13.3. The standard InChI is InChI=1S/C17H18FN3O2/c1-9-10(2)20-21(3)17(23)15(9)16(22)19-14-7-5-11-4-6-12(18)8-13(11)14/h4,6,8,14H,5,7H2,1-3H3,(H,19,22)/t14-/m1/s1. The first-order valence-electron chi connectivity index (χ1n) is 7.52. The maximum absolute atomic E-state index is 13.5. The van der Waals surface area contributed by atoms with Crippen LogP contribution in [0.15, 0.2) is 23.0 Å². The number of hydrogen-bond donors (Lipinski definition) is 1. The van der Waals surface area contributed by atoms with Crippen LogP contribution in [-0.4, -0.2) is 15.7 Å². The smallest absolute Gasteiger partial charge is 0.279 e. The lowest BCUT2D eigenvalue weighted by atomic mass is 10.1. The van der Waals surface area contributed by atoms with E-state index in [9.17, 15) is 14.0 Å². The first-order chi connectivity index (χ1) is 10.9. The summed E-state index contributed by atoms with van der Waals surface area (Å²) in [5.41, 5.74) is 2.71. The molecule has 0 saturated heterocycles. The Kier molecular flexibility index (Phi) is 3.75. The van der Waals surface area contributed by atoms with E-state index in [-0.39, 0.29) is 17.4 Å². The molecule has 1 aliphatic rings. The van der Waals surface area contributed by atoms with Crippen LogP contribution in [0.5, 0.6) is 0 Å². The van der Waals surface area contributed by atoms with Gasteiger partial charge in [0.05, 0.1) is 11.7 Å². The minimum atomic E-state index is -0.435. The van der Waals surface area contributed by atoms with Crippen LogP contribution in [0.1, 0.15) is 45.2 Å². The molecule has 0 aliphatic heterocycles. The highest BCUT2D eigenvalue weighted by molar-refractivity contribution is 5.95. The largest absolute Gasteiger partial charge is 0.345 e. The highest BCUT2D eigenvalue weighted by atomic mass is 19.1. The highest BCUT2D eigenvalue weighted by Crippen LogP contribution is 2.31. The lowest BCUT2D eigenvalue weighted by molar-refractivity contribution is 0.0933. The van der Waals surface area contributed by atoms with E-state index in [2.05, 4.69) is 10.4 Å². The number of carbonyl (C=O) groups excluding carboxylic acids is 1. The van der Waals surface area contributed by atoms with Crippen molar-refractivity contribution in [3.63, 3.8) is 0 Å². The van der Waals surface area contributed by atoms with E-state index in [4.69, 9.17) is 0 Å². The Bertz CT molecular complexity index is 858. The van der Waals surface area contributed by atoms with E-state index in [1.165, 1.54) is 23.9 Å². The van der Waals surface area contributed by atoms with Crippen molar-refractivity contribution in [2.45, 2.75) is 32.7 Å².